The Morgan fingerprint density at radius 2 is 0.735 bits per heavy atom. The van der Waals surface area contributed by atoms with Gasteiger partial charge in [0.25, 0.3) is 0 Å². The fraction of sp³-hybridized carbons (Fsp3) is 0.0612. The molecule has 0 atom stereocenters. The van der Waals surface area contributed by atoms with Gasteiger partial charge in [0.2, 0.25) is 0 Å². The zero-order valence-electron chi connectivity index (χ0n) is 27.7. The Hall–Kier alpha value is -5.98. The minimum absolute atomic E-state index is 0.00291. The third kappa shape index (κ3) is 4.38. The van der Waals surface area contributed by atoms with Gasteiger partial charge in [-0.2, -0.15) is 0 Å². The molecule has 0 radical (unpaired) electrons. The molecule has 0 heterocycles. The molecule has 49 heavy (non-hydrogen) atoms. The van der Waals surface area contributed by atoms with E-state index in [-0.39, 0.29) is 5.41 Å². The maximum Gasteiger partial charge on any atom is 0.0159 e. The highest BCUT2D eigenvalue weighted by molar-refractivity contribution is 6.18. The van der Waals surface area contributed by atoms with Crippen LogP contribution < -0.4 is 0 Å². The Kier molecular flexibility index (Phi) is 6.02. The van der Waals surface area contributed by atoms with Crippen molar-refractivity contribution in [1.82, 2.24) is 0 Å². The summed E-state index contributed by atoms with van der Waals surface area (Å²) in [6.45, 7) is 4.70. The molecule has 9 aromatic rings. The van der Waals surface area contributed by atoms with Gasteiger partial charge in [-0.05, 0) is 129 Å². The van der Waals surface area contributed by atoms with Crippen molar-refractivity contribution in [2.24, 2.45) is 0 Å². The predicted molar refractivity (Wildman–Crippen MR) is 210 cm³/mol. The lowest BCUT2D eigenvalue weighted by atomic mass is 9.81. The summed E-state index contributed by atoms with van der Waals surface area (Å²) in [7, 11) is 0. The van der Waals surface area contributed by atoms with E-state index in [9.17, 15) is 0 Å². The number of rotatable bonds is 3. The van der Waals surface area contributed by atoms with Gasteiger partial charge >= 0.3 is 0 Å². The SMILES string of the molecule is CC1(C)c2ccccc2-c2ccc(-c3ccc4cc(-c5ccc6ccc7c8cc(-c9ccccc9)ccc8ccc7c6c5)ccc4c3)cc21. The number of benzene rings is 9. The summed E-state index contributed by atoms with van der Waals surface area (Å²) in [5.74, 6) is 0. The van der Waals surface area contributed by atoms with Crippen LogP contribution in [0.1, 0.15) is 25.0 Å². The first-order valence-corrected chi connectivity index (χ1v) is 17.2. The van der Waals surface area contributed by atoms with Gasteiger partial charge in [-0.25, -0.2) is 0 Å². The van der Waals surface area contributed by atoms with Crippen molar-refractivity contribution in [3.05, 3.63) is 181 Å². The van der Waals surface area contributed by atoms with Gasteiger partial charge < -0.3 is 0 Å². The summed E-state index contributed by atoms with van der Waals surface area (Å²) in [6, 6.07) is 63.3. The van der Waals surface area contributed by atoms with Crippen molar-refractivity contribution in [3.63, 3.8) is 0 Å². The zero-order valence-corrected chi connectivity index (χ0v) is 27.7. The van der Waals surface area contributed by atoms with E-state index >= 15 is 0 Å². The summed E-state index contributed by atoms with van der Waals surface area (Å²) >= 11 is 0. The lowest BCUT2D eigenvalue weighted by molar-refractivity contribution is 0.660. The molecule has 230 valence electrons. The van der Waals surface area contributed by atoms with Crippen LogP contribution in [-0.2, 0) is 5.41 Å². The molecule has 0 amide bonds. The van der Waals surface area contributed by atoms with Crippen LogP contribution in [0.25, 0.3) is 87.6 Å². The first kappa shape index (κ1) is 28.1. The highest BCUT2D eigenvalue weighted by atomic mass is 14.4. The third-order valence-electron chi connectivity index (χ3n) is 11.0. The van der Waals surface area contributed by atoms with Gasteiger partial charge in [0, 0.05) is 5.41 Å². The maximum absolute atomic E-state index is 2.41. The molecule has 0 bridgehead atoms. The Bertz CT molecular complexity index is 2780. The first-order valence-electron chi connectivity index (χ1n) is 17.2. The van der Waals surface area contributed by atoms with Gasteiger partial charge in [0.15, 0.2) is 0 Å². The van der Waals surface area contributed by atoms with Crippen LogP contribution in [0.3, 0.4) is 0 Å². The Labute approximate surface area is 286 Å². The van der Waals surface area contributed by atoms with E-state index in [1.807, 2.05) is 0 Å². The third-order valence-corrected chi connectivity index (χ3v) is 11.0. The molecule has 0 aliphatic heterocycles. The monoisotopic (exact) mass is 622 g/mol. The second-order valence-corrected chi connectivity index (χ2v) is 14.2. The molecule has 9 aromatic carbocycles. The van der Waals surface area contributed by atoms with Crippen LogP contribution in [0.2, 0.25) is 0 Å². The second-order valence-electron chi connectivity index (χ2n) is 14.2. The fourth-order valence-electron chi connectivity index (χ4n) is 8.34. The standard InChI is InChI=1S/C49H34/c1-49(2)47-11-7-6-10-43(47)44-25-22-40(30-48(44)49)37-19-17-34-26-36(18-16-35(34)27-37)39-15-13-33-21-23-41-42(46(33)29-39)24-20-32-12-14-38(28-45(32)41)31-8-4-3-5-9-31/h3-30H,1-2H3. The van der Waals surface area contributed by atoms with E-state index in [1.54, 1.807) is 0 Å². The average molecular weight is 623 g/mol. The Morgan fingerprint density at radius 3 is 1.37 bits per heavy atom. The maximum atomic E-state index is 2.41. The average Bonchev–Trinajstić information content (AvgIpc) is 3.39. The molecule has 0 nitrogen and oxygen atoms in total. The molecule has 0 fully saturated rings. The minimum atomic E-state index is -0.00291. The summed E-state index contributed by atoms with van der Waals surface area (Å²) < 4.78 is 0. The van der Waals surface area contributed by atoms with Gasteiger partial charge in [-0.3, -0.25) is 0 Å². The Morgan fingerprint density at radius 1 is 0.286 bits per heavy atom. The van der Waals surface area contributed by atoms with Crippen LogP contribution in [-0.4, -0.2) is 0 Å². The van der Waals surface area contributed by atoms with E-state index in [0.29, 0.717) is 0 Å². The van der Waals surface area contributed by atoms with E-state index in [4.69, 9.17) is 0 Å². The van der Waals surface area contributed by atoms with Crippen molar-refractivity contribution in [1.29, 1.82) is 0 Å². The van der Waals surface area contributed by atoms with Crippen molar-refractivity contribution in [3.8, 4) is 44.5 Å². The van der Waals surface area contributed by atoms with E-state index in [2.05, 4.69) is 184 Å². The molecule has 0 saturated carbocycles. The molecule has 0 N–H and O–H groups in total. The van der Waals surface area contributed by atoms with Gasteiger partial charge in [-0.15, -0.1) is 0 Å². The highest BCUT2D eigenvalue weighted by Gasteiger charge is 2.35. The fourth-order valence-corrected chi connectivity index (χ4v) is 8.34. The van der Waals surface area contributed by atoms with E-state index in [0.717, 1.165) is 0 Å². The normalized spacial score (nSPS) is 13.3. The van der Waals surface area contributed by atoms with Crippen LogP contribution in [0.5, 0.6) is 0 Å². The molecule has 0 spiro atoms. The molecular formula is C49H34. The number of fused-ring (bicyclic) bond motifs is 9. The number of hydrogen-bond acceptors (Lipinski definition) is 0. The topological polar surface area (TPSA) is 0 Å². The quantitative estimate of drug-likeness (QED) is 0.172. The van der Waals surface area contributed by atoms with Crippen molar-refractivity contribution in [2.75, 3.05) is 0 Å². The summed E-state index contributed by atoms with van der Waals surface area (Å²) in [4.78, 5) is 0. The van der Waals surface area contributed by atoms with Gasteiger partial charge in [0.05, 0.1) is 0 Å². The molecule has 0 heteroatoms. The summed E-state index contributed by atoms with van der Waals surface area (Å²) in [6.07, 6.45) is 0. The molecule has 1 aliphatic rings. The van der Waals surface area contributed by atoms with Crippen molar-refractivity contribution in [2.45, 2.75) is 19.3 Å². The van der Waals surface area contributed by atoms with Gasteiger partial charge in [-0.1, -0.05) is 153 Å². The lowest BCUT2D eigenvalue weighted by Crippen LogP contribution is -2.14. The summed E-state index contributed by atoms with van der Waals surface area (Å²) in [5.41, 5.74) is 13.1. The predicted octanol–water partition coefficient (Wildman–Crippen LogP) is 13.6. The smallest absolute Gasteiger partial charge is 0.0159 e. The van der Waals surface area contributed by atoms with E-state index in [1.165, 1.54) is 98.7 Å². The molecule has 0 saturated heterocycles. The molecule has 10 rings (SSSR count). The summed E-state index contributed by atoms with van der Waals surface area (Å²) in [5, 5.41) is 10.2. The molecule has 0 aromatic heterocycles. The second kappa shape index (κ2) is 10.5. The van der Waals surface area contributed by atoms with Crippen LogP contribution in [0.4, 0.5) is 0 Å². The van der Waals surface area contributed by atoms with Crippen LogP contribution in [0.15, 0.2) is 170 Å². The van der Waals surface area contributed by atoms with E-state index < -0.39 is 0 Å². The number of hydrogen-bond donors (Lipinski definition) is 0. The van der Waals surface area contributed by atoms with Gasteiger partial charge in [0.1, 0.15) is 0 Å². The largest absolute Gasteiger partial charge is 0.0622 e. The Balaban J connectivity index is 1.03. The molecular weight excluding hydrogens is 589 g/mol. The molecule has 0 unspecified atom stereocenters. The van der Waals surface area contributed by atoms with Crippen LogP contribution in [0, 0.1) is 0 Å². The highest BCUT2D eigenvalue weighted by Crippen LogP contribution is 2.49. The van der Waals surface area contributed by atoms with Crippen LogP contribution >= 0.6 is 0 Å². The first-order chi connectivity index (χ1) is 24.0. The molecule has 1 aliphatic carbocycles. The van der Waals surface area contributed by atoms with Crippen molar-refractivity contribution < 1.29 is 0 Å². The lowest BCUT2D eigenvalue weighted by Gasteiger charge is -2.22. The minimum Gasteiger partial charge on any atom is -0.0622 e. The van der Waals surface area contributed by atoms with Crippen molar-refractivity contribution >= 4 is 43.1 Å². The zero-order chi connectivity index (χ0) is 32.7.